The minimum Gasteiger partial charge on any atom is -0.494 e. The maximum absolute atomic E-state index is 13.8. The monoisotopic (exact) mass is 317 g/mol. The van der Waals surface area contributed by atoms with Crippen LogP contribution in [0.15, 0.2) is 48.5 Å². The Balaban J connectivity index is 2.11. The maximum Gasteiger partial charge on any atom is 0.254 e. The van der Waals surface area contributed by atoms with Gasteiger partial charge in [0.1, 0.15) is 0 Å². The second-order valence-corrected chi connectivity index (χ2v) is 5.15. The van der Waals surface area contributed by atoms with Gasteiger partial charge in [-0.2, -0.15) is 0 Å². The summed E-state index contributed by atoms with van der Waals surface area (Å²) in [6.45, 7) is 1.79. The van der Waals surface area contributed by atoms with Crippen molar-refractivity contribution in [1.29, 1.82) is 0 Å². The third kappa shape index (κ3) is 4.07. The van der Waals surface area contributed by atoms with E-state index in [9.17, 15) is 9.18 Å². The van der Waals surface area contributed by atoms with E-state index in [0.717, 1.165) is 5.56 Å². The number of halogens is 1. The number of benzene rings is 2. The van der Waals surface area contributed by atoms with Crippen molar-refractivity contribution in [1.82, 2.24) is 5.32 Å². The second-order valence-electron chi connectivity index (χ2n) is 5.15. The number of hydrogen-bond acceptors (Lipinski definition) is 3. The van der Waals surface area contributed by atoms with Crippen LogP contribution >= 0.6 is 0 Å². The highest BCUT2D eigenvalue weighted by Crippen LogP contribution is 2.23. The molecule has 0 bridgehead atoms. The highest BCUT2D eigenvalue weighted by molar-refractivity contribution is 5.82. The molecule has 0 saturated carbocycles. The Morgan fingerprint density at radius 2 is 1.78 bits per heavy atom. The van der Waals surface area contributed by atoms with E-state index in [1.807, 2.05) is 30.3 Å². The van der Waals surface area contributed by atoms with Crippen molar-refractivity contribution in [3.63, 3.8) is 0 Å². The zero-order valence-corrected chi connectivity index (χ0v) is 13.4. The first kappa shape index (κ1) is 17.0. The van der Waals surface area contributed by atoms with Gasteiger partial charge in [-0.15, -0.1) is 0 Å². The van der Waals surface area contributed by atoms with Gasteiger partial charge in [-0.1, -0.05) is 36.4 Å². The average molecular weight is 317 g/mol. The molecule has 2 unspecified atom stereocenters. The molecule has 2 rings (SSSR count). The van der Waals surface area contributed by atoms with E-state index in [1.54, 1.807) is 19.1 Å². The Bertz CT molecular complexity index is 661. The Morgan fingerprint density at radius 1 is 1.09 bits per heavy atom. The predicted molar refractivity (Wildman–Crippen MR) is 85.7 cm³/mol. The molecule has 0 aromatic heterocycles. The molecule has 1 amide bonds. The van der Waals surface area contributed by atoms with Crippen LogP contribution in [0.3, 0.4) is 0 Å². The van der Waals surface area contributed by atoms with E-state index in [1.165, 1.54) is 20.3 Å². The Kier molecular flexibility index (Phi) is 5.71. The van der Waals surface area contributed by atoms with Gasteiger partial charge in [0.25, 0.3) is 5.91 Å². The molecule has 122 valence electrons. The highest BCUT2D eigenvalue weighted by Gasteiger charge is 2.22. The van der Waals surface area contributed by atoms with Crippen LogP contribution in [0.5, 0.6) is 5.75 Å². The fourth-order valence-corrected chi connectivity index (χ4v) is 2.35. The van der Waals surface area contributed by atoms with Gasteiger partial charge in [0, 0.05) is 7.11 Å². The highest BCUT2D eigenvalue weighted by atomic mass is 19.1. The third-order valence-corrected chi connectivity index (χ3v) is 3.61. The van der Waals surface area contributed by atoms with E-state index >= 15 is 0 Å². The van der Waals surface area contributed by atoms with Crippen LogP contribution in [0, 0.1) is 5.82 Å². The fraction of sp³-hybridized carbons (Fsp3) is 0.278. The molecule has 0 spiro atoms. The SMILES string of the molecule is COc1ccc(C(C)NC(=O)C(OC)c2ccccc2)cc1F. The number of carbonyl (C=O) groups is 1. The smallest absolute Gasteiger partial charge is 0.254 e. The van der Waals surface area contributed by atoms with Crippen molar-refractivity contribution in [2.75, 3.05) is 14.2 Å². The summed E-state index contributed by atoms with van der Waals surface area (Å²) in [5, 5.41) is 2.84. The Labute approximate surface area is 135 Å². The van der Waals surface area contributed by atoms with Crippen LogP contribution in [0.25, 0.3) is 0 Å². The standard InChI is InChI=1S/C18H20FNO3/c1-12(14-9-10-16(22-2)15(19)11-14)20-18(21)17(23-3)13-7-5-4-6-8-13/h4-12,17H,1-3H3,(H,20,21). The van der Waals surface area contributed by atoms with Crippen LogP contribution in [0.2, 0.25) is 0 Å². The van der Waals surface area contributed by atoms with Crippen molar-refractivity contribution >= 4 is 5.91 Å². The van der Waals surface area contributed by atoms with Gasteiger partial charge in [0.05, 0.1) is 13.2 Å². The topological polar surface area (TPSA) is 47.6 Å². The zero-order valence-electron chi connectivity index (χ0n) is 13.4. The molecule has 0 aliphatic heterocycles. The summed E-state index contributed by atoms with van der Waals surface area (Å²) >= 11 is 0. The summed E-state index contributed by atoms with van der Waals surface area (Å²) in [6, 6.07) is 13.5. The number of nitrogens with one attached hydrogen (secondary N) is 1. The molecule has 2 aromatic rings. The Morgan fingerprint density at radius 3 is 2.35 bits per heavy atom. The molecular formula is C18H20FNO3. The summed E-state index contributed by atoms with van der Waals surface area (Å²) < 4.78 is 24.0. The molecule has 0 saturated heterocycles. The fourth-order valence-electron chi connectivity index (χ4n) is 2.35. The second kappa shape index (κ2) is 7.74. The quantitative estimate of drug-likeness (QED) is 0.888. The molecule has 4 nitrogen and oxygen atoms in total. The molecule has 0 fully saturated rings. The summed E-state index contributed by atoms with van der Waals surface area (Å²) in [4.78, 5) is 12.4. The normalized spacial score (nSPS) is 13.2. The lowest BCUT2D eigenvalue weighted by atomic mass is 10.1. The van der Waals surface area contributed by atoms with E-state index in [0.29, 0.717) is 5.56 Å². The van der Waals surface area contributed by atoms with Crippen molar-refractivity contribution in [3.8, 4) is 5.75 Å². The third-order valence-electron chi connectivity index (χ3n) is 3.61. The van der Waals surface area contributed by atoms with Crippen LogP contribution < -0.4 is 10.1 Å². The van der Waals surface area contributed by atoms with Gasteiger partial charge >= 0.3 is 0 Å². The van der Waals surface area contributed by atoms with Crippen LogP contribution in [0.1, 0.15) is 30.2 Å². The van der Waals surface area contributed by atoms with Gasteiger partial charge in [-0.3, -0.25) is 4.79 Å². The van der Waals surface area contributed by atoms with Gasteiger partial charge in [-0.05, 0) is 30.2 Å². The van der Waals surface area contributed by atoms with Gasteiger partial charge in [0.15, 0.2) is 17.7 Å². The number of ether oxygens (including phenoxy) is 2. The maximum atomic E-state index is 13.8. The van der Waals surface area contributed by atoms with Gasteiger partial charge in [-0.25, -0.2) is 4.39 Å². The van der Waals surface area contributed by atoms with E-state index in [4.69, 9.17) is 9.47 Å². The molecular weight excluding hydrogens is 297 g/mol. The molecule has 0 aliphatic rings. The largest absolute Gasteiger partial charge is 0.494 e. The molecule has 5 heteroatoms. The first-order chi connectivity index (χ1) is 11.1. The predicted octanol–water partition coefficient (Wildman–Crippen LogP) is 3.40. The minimum absolute atomic E-state index is 0.173. The number of amides is 1. The Hall–Kier alpha value is -2.40. The molecule has 0 heterocycles. The van der Waals surface area contributed by atoms with E-state index in [2.05, 4.69) is 5.32 Å². The lowest BCUT2D eigenvalue weighted by Gasteiger charge is -2.20. The summed E-state index contributed by atoms with van der Waals surface area (Å²) in [5.41, 5.74) is 1.42. The average Bonchev–Trinajstić information content (AvgIpc) is 2.56. The first-order valence-electron chi connectivity index (χ1n) is 7.28. The summed E-state index contributed by atoms with van der Waals surface area (Å²) in [5.74, 6) is -0.564. The lowest BCUT2D eigenvalue weighted by molar-refractivity contribution is -0.132. The molecule has 2 atom stereocenters. The number of carbonyl (C=O) groups excluding carboxylic acids is 1. The van der Waals surface area contributed by atoms with Gasteiger partial charge in [0.2, 0.25) is 0 Å². The van der Waals surface area contributed by atoms with Crippen molar-refractivity contribution < 1.29 is 18.7 Å². The van der Waals surface area contributed by atoms with Crippen molar-refractivity contribution in [2.24, 2.45) is 0 Å². The molecule has 0 aliphatic carbocycles. The van der Waals surface area contributed by atoms with Crippen molar-refractivity contribution in [2.45, 2.75) is 19.1 Å². The summed E-state index contributed by atoms with van der Waals surface area (Å²) in [7, 11) is 2.89. The lowest BCUT2D eigenvalue weighted by Crippen LogP contribution is -2.32. The number of methoxy groups -OCH3 is 2. The van der Waals surface area contributed by atoms with Crippen LogP contribution in [-0.4, -0.2) is 20.1 Å². The number of hydrogen-bond donors (Lipinski definition) is 1. The number of rotatable bonds is 6. The molecule has 1 N–H and O–H groups in total. The zero-order chi connectivity index (χ0) is 16.8. The van der Waals surface area contributed by atoms with E-state index in [-0.39, 0.29) is 17.7 Å². The first-order valence-corrected chi connectivity index (χ1v) is 7.28. The molecule has 23 heavy (non-hydrogen) atoms. The summed E-state index contributed by atoms with van der Waals surface area (Å²) in [6.07, 6.45) is -0.707. The molecule has 0 radical (unpaired) electrons. The van der Waals surface area contributed by atoms with Crippen molar-refractivity contribution in [3.05, 3.63) is 65.5 Å². The van der Waals surface area contributed by atoms with E-state index < -0.39 is 11.9 Å². The van der Waals surface area contributed by atoms with Gasteiger partial charge < -0.3 is 14.8 Å². The molecule has 2 aromatic carbocycles. The van der Waals surface area contributed by atoms with Crippen LogP contribution in [-0.2, 0) is 9.53 Å². The minimum atomic E-state index is -0.707. The van der Waals surface area contributed by atoms with Crippen LogP contribution in [0.4, 0.5) is 4.39 Å².